The number of benzene rings is 3. The van der Waals surface area contributed by atoms with Crippen LogP contribution in [0.25, 0.3) is 0 Å². The quantitative estimate of drug-likeness (QED) is 0.269. The monoisotopic (exact) mass is 582 g/mol. The van der Waals surface area contributed by atoms with Crippen molar-refractivity contribution in [3.05, 3.63) is 101 Å². The number of nitrogens with two attached hydrogens (primary N) is 1. The van der Waals surface area contributed by atoms with Gasteiger partial charge in [-0.1, -0.05) is 86.6 Å². The summed E-state index contributed by atoms with van der Waals surface area (Å²) in [5, 5.41) is 6.94. The highest BCUT2D eigenvalue weighted by molar-refractivity contribution is 5.78. The highest BCUT2D eigenvalue weighted by atomic mass is 16.5. The van der Waals surface area contributed by atoms with E-state index >= 15 is 0 Å². The van der Waals surface area contributed by atoms with Gasteiger partial charge in [-0.15, -0.1) is 0 Å². The van der Waals surface area contributed by atoms with Crippen molar-refractivity contribution >= 4 is 11.8 Å². The van der Waals surface area contributed by atoms with Crippen molar-refractivity contribution in [1.82, 2.24) is 15.5 Å². The van der Waals surface area contributed by atoms with Gasteiger partial charge in [0, 0.05) is 56.0 Å². The first-order valence-corrected chi connectivity index (χ1v) is 15.6. The lowest BCUT2D eigenvalue weighted by molar-refractivity contribution is -0.125. The van der Waals surface area contributed by atoms with Crippen LogP contribution in [-0.2, 0) is 16.1 Å². The molecule has 0 spiro atoms. The smallest absolute Gasteiger partial charge is 0.220 e. The maximum Gasteiger partial charge on any atom is 0.220 e. The van der Waals surface area contributed by atoms with Crippen molar-refractivity contribution in [3.63, 3.8) is 0 Å². The molecule has 1 unspecified atom stereocenters. The number of carbonyl (C=O) groups excluding carboxylic acids is 2. The molecule has 3 aliphatic rings. The van der Waals surface area contributed by atoms with Gasteiger partial charge in [0.15, 0.2) is 0 Å². The van der Waals surface area contributed by atoms with E-state index in [1.165, 1.54) is 16.7 Å². The number of fused-ring (bicyclic) bond motifs is 3. The highest BCUT2D eigenvalue weighted by Gasteiger charge is 2.50. The number of rotatable bonds is 13. The molecule has 0 aliphatic carbocycles. The van der Waals surface area contributed by atoms with Crippen LogP contribution in [0.3, 0.4) is 0 Å². The molecule has 3 aromatic rings. The molecule has 5 atom stereocenters. The number of carbonyl (C=O) groups is 2. The summed E-state index contributed by atoms with van der Waals surface area (Å²) in [4.78, 5) is 26.8. The Morgan fingerprint density at radius 2 is 1.65 bits per heavy atom. The van der Waals surface area contributed by atoms with Crippen LogP contribution < -0.4 is 21.1 Å². The van der Waals surface area contributed by atoms with Crippen molar-refractivity contribution in [2.45, 2.75) is 63.6 Å². The summed E-state index contributed by atoms with van der Waals surface area (Å²) in [6.45, 7) is 7.28. The zero-order chi connectivity index (χ0) is 30.3. The molecule has 3 aromatic carbocycles. The number of piperidine rings is 3. The maximum atomic E-state index is 13.0. The lowest BCUT2D eigenvalue weighted by Crippen LogP contribution is -2.67. The Morgan fingerprint density at radius 3 is 2.26 bits per heavy atom. The fourth-order valence-corrected chi connectivity index (χ4v) is 7.28. The zero-order valence-corrected chi connectivity index (χ0v) is 25.7. The summed E-state index contributed by atoms with van der Waals surface area (Å²) in [6.07, 6.45) is 1.64. The lowest BCUT2D eigenvalue weighted by Gasteiger charge is -2.57. The van der Waals surface area contributed by atoms with Gasteiger partial charge in [0.25, 0.3) is 0 Å². The van der Waals surface area contributed by atoms with Gasteiger partial charge in [0.1, 0.15) is 5.75 Å². The summed E-state index contributed by atoms with van der Waals surface area (Å²) in [7, 11) is 1.73. The van der Waals surface area contributed by atoms with Gasteiger partial charge < -0.3 is 21.1 Å². The van der Waals surface area contributed by atoms with Gasteiger partial charge in [0.2, 0.25) is 11.8 Å². The van der Waals surface area contributed by atoms with Gasteiger partial charge in [-0.25, -0.2) is 0 Å². The standard InChI is InChI=1S/C36H46N4O3/c1-24(2)27-14-15-31(43-3)28(20-27)22-39-35-30-17-19-40(23-29(30)21-33(42)38-18-16-32(37)41)36(35)34(25-10-6-4-7-11-25)26-12-8-5-9-13-26/h4-15,20,24,29-30,34-36,39H,16-19,21-23H2,1-3H3,(H2,37,41)(H,38,42)/t29-,30-,35-,36+/m0/s1. The number of hydrogen-bond acceptors (Lipinski definition) is 5. The number of nitrogens with zero attached hydrogens (tertiary/aromatic N) is 1. The Morgan fingerprint density at radius 1 is 0.977 bits per heavy atom. The first kappa shape index (κ1) is 30.8. The Labute approximate surface area is 256 Å². The second-order valence-corrected chi connectivity index (χ2v) is 12.4. The van der Waals surface area contributed by atoms with Crippen LogP contribution in [0.1, 0.15) is 67.2 Å². The van der Waals surface area contributed by atoms with E-state index in [4.69, 9.17) is 10.5 Å². The predicted octanol–water partition coefficient (Wildman–Crippen LogP) is 4.81. The minimum atomic E-state index is -0.403. The van der Waals surface area contributed by atoms with Crippen LogP contribution in [0.2, 0.25) is 0 Å². The van der Waals surface area contributed by atoms with Crippen molar-refractivity contribution in [2.24, 2.45) is 17.6 Å². The first-order chi connectivity index (χ1) is 20.9. The highest BCUT2D eigenvalue weighted by Crippen LogP contribution is 2.45. The largest absolute Gasteiger partial charge is 0.496 e. The summed E-state index contributed by atoms with van der Waals surface area (Å²) < 4.78 is 5.79. The Balaban J connectivity index is 1.47. The van der Waals surface area contributed by atoms with Crippen LogP contribution in [-0.4, -0.2) is 55.5 Å². The van der Waals surface area contributed by atoms with Crippen LogP contribution >= 0.6 is 0 Å². The summed E-state index contributed by atoms with van der Waals surface area (Å²) in [6, 6.07) is 28.5. The normalized spacial score (nSPS) is 23.0. The van der Waals surface area contributed by atoms with Crippen LogP contribution in [0.15, 0.2) is 78.9 Å². The molecule has 3 heterocycles. The van der Waals surface area contributed by atoms with Crippen LogP contribution in [0, 0.1) is 11.8 Å². The molecule has 6 rings (SSSR count). The molecule has 228 valence electrons. The molecule has 3 aliphatic heterocycles. The minimum Gasteiger partial charge on any atom is -0.496 e. The molecule has 3 saturated heterocycles. The van der Waals surface area contributed by atoms with Crippen molar-refractivity contribution in [1.29, 1.82) is 0 Å². The average molecular weight is 583 g/mol. The number of ether oxygens (including phenoxy) is 1. The molecule has 43 heavy (non-hydrogen) atoms. The van der Waals surface area contributed by atoms with Crippen molar-refractivity contribution < 1.29 is 14.3 Å². The summed E-state index contributed by atoms with van der Waals surface area (Å²) >= 11 is 0. The van der Waals surface area contributed by atoms with Crippen molar-refractivity contribution in [3.8, 4) is 5.75 Å². The molecule has 7 nitrogen and oxygen atoms in total. The van der Waals surface area contributed by atoms with E-state index < -0.39 is 5.91 Å². The van der Waals surface area contributed by atoms with Gasteiger partial charge in [-0.2, -0.15) is 0 Å². The predicted molar refractivity (Wildman–Crippen MR) is 171 cm³/mol. The molecule has 0 radical (unpaired) electrons. The average Bonchev–Trinajstić information content (AvgIpc) is 3.01. The van der Waals surface area contributed by atoms with Gasteiger partial charge in [0.05, 0.1) is 7.11 Å². The van der Waals surface area contributed by atoms with Gasteiger partial charge in [-0.05, 0) is 53.5 Å². The second-order valence-electron chi connectivity index (χ2n) is 12.4. The number of methoxy groups -OCH3 is 1. The molecule has 3 fully saturated rings. The second kappa shape index (κ2) is 14.2. The Hall–Kier alpha value is -3.68. The molecule has 2 bridgehead atoms. The van der Waals surface area contributed by atoms with E-state index in [2.05, 4.69) is 108 Å². The van der Waals surface area contributed by atoms with Crippen LogP contribution in [0.4, 0.5) is 0 Å². The first-order valence-electron chi connectivity index (χ1n) is 15.6. The fourth-order valence-electron chi connectivity index (χ4n) is 7.28. The molecule has 2 amide bonds. The molecule has 4 N–H and O–H groups in total. The topological polar surface area (TPSA) is 96.7 Å². The lowest BCUT2D eigenvalue weighted by atomic mass is 9.65. The van der Waals surface area contributed by atoms with Crippen LogP contribution in [0.5, 0.6) is 5.75 Å². The fraction of sp³-hybridized carbons (Fsp3) is 0.444. The van der Waals surface area contributed by atoms with E-state index in [0.29, 0.717) is 24.8 Å². The summed E-state index contributed by atoms with van der Waals surface area (Å²) in [5.41, 5.74) is 10.3. The number of primary amides is 1. The van der Waals surface area contributed by atoms with Gasteiger partial charge >= 0.3 is 0 Å². The zero-order valence-electron chi connectivity index (χ0n) is 25.7. The minimum absolute atomic E-state index is 0.00993. The molecule has 0 saturated carbocycles. The Bertz CT molecular complexity index is 1320. The van der Waals surface area contributed by atoms with E-state index in [1.807, 2.05) is 0 Å². The van der Waals surface area contributed by atoms with E-state index in [0.717, 1.165) is 30.8 Å². The SMILES string of the molecule is COc1ccc(C(C)C)cc1CN[C@H]1[C@H]2CCN(C[C@@H]2CC(=O)NCCC(N)=O)[C@@H]1C(c1ccccc1)c1ccccc1. The number of nitrogens with one attached hydrogen (secondary N) is 2. The number of amides is 2. The Kier molecular flexibility index (Phi) is 10.2. The number of hydrogen-bond donors (Lipinski definition) is 3. The molecule has 7 heteroatoms. The van der Waals surface area contributed by atoms with E-state index in [1.54, 1.807) is 7.11 Å². The summed E-state index contributed by atoms with van der Waals surface area (Å²) in [5.74, 6) is 1.62. The third-order valence-corrected chi connectivity index (χ3v) is 9.37. The molecular weight excluding hydrogens is 536 g/mol. The van der Waals surface area contributed by atoms with Gasteiger partial charge in [-0.3, -0.25) is 14.5 Å². The molecule has 0 aromatic heterocycles. The molecular formula is C36H46N4O3. The third-order valence-electron chi connectivity index (χ3n) is 9.37. The van der Waals surface area contributed by atoms with E-state index in [9.17, 15) is 9.59 Å². The third kappa shape index (κ3) is 7.28. The van der Waals surface area contributed by atoms with Crippen molar-refractivity contribution in [2.75, 3.05) is 26.7 Å². The maximum absolute atomic E-state index is 13.0. The van der Waals surface area contributed by atoms with E-state index in [-0.39, 0.29) is 42.8 Å².